The van der Waals surface area contributed by atoms with E-state index in [1.165, 1.54) is 6.20 Å². The van der Waals surface area contributed by atoms with Crippen molar-refractivity contribution in [3.05, 3.63) is 23.0 Å². The number of aryl methyl sites for hydroxylation is 1. The molecule has 2 heterocycles. The first-order chi connectivity index (χ1) is 8.47. The molecule has 2 aromatic rings. The number of aromatic nitrogens is 2. The van der Waals surface area contributed by atoms with E-state index in [4.69, 9.17) is 5.11 Å². The van der Waals surface area contributed by atoms with Crippen LogP contribution >= 0.6 is 11.3 Å². The maximum atomic E-state index is 12.6. The van der Waals surface area contributed by atoms with Crippen molar-refractivity contribution in [1.82, 2.24) is 9.38 Å². The lowest BCUT2D eigenvalue weighted by Gasteiger charge is -2.30. The van der Waals surface area contributed by atoms with Gasteiger partial charge in [-0.3, -0.25) is 4.40 Å². The Kier molecular flexibility index (Phi) is 2.87. The predicted molar refractivity (Wildman–Crippen MR) is 53.8 cm³/mol. The van der Waals surface area contributed by atoms with E-state index in [9.17, 15) is 26.3 Å². The standard InChI is InChI=1S/C9H6F6N2OS/c1-4-2-17-3-5(19-6(17)16-4)7(18,8(10,11)12)9(13,14)15/h2-3,18H,1H3. The highest BCUT2D eigenvalue weighted by molar-refractivity contribution is 7.17. The minimum atomic E-state index is -5.87. The molecule has 0 aromatic carbocycles. The van der Waals surface area contributed by atoms with Crippen LogP contribution in [-0.4, -0.2) is 26.8 Å². The lowest BCUT2D eigenvalue weighted by Crippen LogP contribution is -2.53. The minimum absolute atomic E-state index is 0.0561. The maximum absolute atomic E-state index is 12.6. The lowest BCUT2D eigenvalue weighted by atomic mass is 10.0. The number of aliphatic hydroxyl groups is 1. The van der Waals surface area contributed by atoms with E-state index >= 15 is 0 Å². The molecule has 0 unspecified atom stereocenters. The summed E-state index contributed by atoms with van der Waals surface area (Å²) in [6, 6.07) is 0. The van der Waals surface area contributed by atoms with Gasteiger partial charge >= 0.3 is 12.4 Å². The molecule has 0 atom stereocenters. The fraction of sp³-hybridized carbons (Fsp3) is 0.444. The third-order valence-electron chi connectivity index (χ3n) is 2.45. The van der Waals surface area contributed by atoms with Crippen molar-refractivity contribution in [3.63, 3.8) is 0 Å². The van der Waals surface area contributed by atoms with Gasteiger partial charge < -0.3 is 5.11 Å². The molecule has 0 amide bonds. The average Bonchev–Trinajstić information content (AvgIpc) is 2.69. The summed E-state index contributed by atoms with van der Waals surface area (Å²) < 4.78 is 76.7. The fourth-order valence-corrected chi connectivity index (χ4v) is 2.66. The first-order valence-corrected chi connectivity index (χ1v) is 5.60. The first kappa shape index (κ1) is 14.1. The molecule has 0 radical (unpaired) electrons. The smallest absolute Gasteiger partial charge is 0.369 e. The van der Waals surface area contributed by atoms with Crippen LogP contribution in [0.4, 0.5) is 26.3 Å². The van der Waals surface area contributed by atoms with Crippen LogP contribution in [0.1, 0.15) is 10.6 Å². The number of fused-ring (bicyclic) bond motifs is 1. The van der Waals surface area contributed by atoms with Gasteiger partial charge in [-0.1, -0.05) is 11.3 Å². The fourth-order valence-electron chi connectivity index (χ4n) is 1.52. The van der Waals surface area contributed by atoms with Crippen molar-refractivity contribution in [3.8, 4) is 0 Å². The number of imidazole rings is 1. The monoisotopic (exact) mass is 304 g/mol. The van der Waals surface area contributed by atoms with Gasteiger partial charge in [-0.25, -0.2) is 4.98 Å². The average molecular weight is 304 g/mol. The Labute approximate surface area is 106 Å². The van der Waals surface area contributed by atoms with E-state index < -0.39 is 22.8 Å². The molecule has 106 valence electrons. The van der Waals surface area contributed by atoms with E-state index in [1.54, 1.807) is 6.92 Å². The number of alkyl halides is 6. The molecular formula is C9H6F6N2OS. The molecule has 0 aliphatic heterocycles. The third kappa shape index (κ3) is 1.98. The van der Waals surface area contributed by atoms with Gasteiger partial charge in [0.05, 0.1) is 10.6 Å². The zero-order valence-electron chi connectivity index (χ0n) is 9.17. The zero-order valence-corrected chi connectivity index (χ0v) is 9.99. The summed E-state index contributed by atoms with van der Waals surface area (Å²) in [4.78, 5) is 2.42. The Morgan fingerprint density at radius 1 is 1.11 bits per heavy atom. The number of thiazole rings is 1. The second-order valence-corrected chi connectivity index (χ2v) is 4.88. The van der Waals surface area contributed by atoms with Gasteiger partial charge in [0.25, 0.3) is 5.60 Å². The van der Waals surface area contributed by atoms with Crippen molar-refractivity contribution in [2.45, 2.75) is 24.9 Å². The van der Waals surface area contributed by atoms with Gasteiger partial charge in [0.15, 0.2) is 4.96 Å². The van der Waals surface area contributed by atoms with Crippen molar-refractivity contribution >= 4 is 16.3 Å². The molecule has 10 heteroatoms. The van der Waals surface area contributed by atoms with Gasteiger partial charge in [0.2, 0.25) is 0 Å². The highest BCUT2D eigenvalue weighted by Gasteiger charge is 2.72. The van der Waals surface area contributed by atoms with Crippen LogP contribution < -0.4 is 0 Å². The molecule has 0 fully saturated rings. The minimum Gasteiger partial charge on any atom is -0.369 e. The largest absolute Gasteiger partial charge is 0.431 e. The molecule has 19 heavy (non-hydrogen) atoms. The Morgan fingerprint density at radius 2 is 1.63 bits per heavy atom. The van der Waals surface area contributed by atoms with Gasteiger partial charge in [-0.15, -0.1) is 0 Å². The van der Waals surface area contributed by atoms with Crippen molar-refractivity contribution in [1.29, 1.82) is 0 Å². The molecule has 2 aromatic heterocycles. The third-order valence-corrected chi connectivity index (χ3v) is 3.56. The van der Waals surface area contributed by atoms with Gasteiger partial charge in [-0.2, -0.15) is 26.3 Å². The molecule has 0 saturated carbocycles. The van der Waals surface area contributed by atoms with Crippen molar-refractivity contribution < 1.29 is 31.4 Å². The summed E-state index contributed by atoms with van der Waals surface area (Å²) in [5.41, 5.74) is -4.44. The highest BCUT2D eigenvalue weighted by Crippen LogP contribution is 2.51. The van der Waals surface area contributed by atoms with Gasteiger partial charge in [0, 0.05) is 12.4 Å². The maximum Gasteiger partial charge on any atom is 0.431 e. The second-order valence-electron chi connectivity index (χ2n) is 3.87. The van der Waals surface area contributed by atoms with Crippen LogP contribution in [0, 0.1) is 6.92 Å². The van der Waals surface area contributed by atoms with E-state index in [0.29, 0.717) is 11.9 Å². The molecule has 2 rings (SSSR count). The summed E-state index contributed by atoms with van der Waals surface area (Å²) in [5.74, 6) is 0. The molecule has 0 saturated heterocycles. The Balaban J connectivity index is 2.65. The van der Waals surface area contributed by atoms with E-state index in [1.807, 2.05) is 0 Å². The molecule has 0 aliphatic rings. The normalized spacial score (nSPS) is 14.3. The van der Waals surface area contributed by atoms with Gasteiger partial charge in [-0.05, 0) is 6.92 Å². The van der Waals surface area contributed by atoms with E-state index in [0.717, 1.165) is 4.40 Å². The van der Waals surface area contributed by atoms with Crippen LogP contribution in [-0.2, 0) is 5.60 Å². The van der Waals surface area contributed by atoms with Crippen LogP contribution in [0.2, 0.25) is 0 Å². The first-order valence-electron chi connectivity index (χ1n) is 4.78. The number of rotatable bonds is 1. The summed E-state index contributed by atoms with van der Waals surface area (Å²) in [7, 11) is 0. The van der Waals surface area contributed by atoms with E-state index in [-0.39, 0.29) is 16.3 Å². The lowest BCUT2D eigenvalue weighted by molar-refractivity contribution is -0.375. The summed E-state index contributed by atoms with van der Waals surface area (Å²) >= 11 is 0.141. The second kappa shape index (κ2) is 3.85. The van der Waals surface area contributed by atoms with Crippen LogP contribution in [0.15, 0.2) is 12.4 Å². The molecule has 3 nitrogen and oxygen atoms in total. The number of hydrogen-bond donors (Lipinski definition) is 1. The SMILES string of the molecule is Cc1cn2cc(C(O)(C(F)(F)F)C(F)(F)F)sc2n1. The Morgan fingerprint density at radius 3 is 2.05 bits per heavy atom. The quantitative estimate of drug-likeness (QED) is 0.822. The van der Waals surface area contributed by atoms with Crippen LogP contribution in [0.25, 0.3) is 4.96 Å². The van der Waals surface area contributed by atoms with E-state index in [2.05, 4.69) is 4.98 Å². The summed E-state index contributed by atoms with van der Waals surface area (Å²) in [6.07, 6.45) is -9.89. The van der Waals surface area contributed by atoms with Crippen LogP contribution in [0.3, 0.4) is 0 Å². The topological polar surface area (TPSA) is 37.5 Å². The van der Waals surface area contributed by atoms with Crippen molar-refractivity contribution in [2.24, 2.45) is 0 Å². The highest BCUT2D eigenvalue weighted by atomic mass is 32.1. The van der Waals surface area contributed by atoms with Crippen molar-refractivity contribution in [2.75, 3.05) is 0 Å². The summed E-state index contributed by atoms with van der Waals surface area (Å²) in [6.45, 7) is 1.54. The molecule has 0 spiro atoms. The Bertz CT molecular complexity index is 565. The molecule has 0 aliphatic carbocycles. The molecule has 0 bridgehead atoms. The number of halogens is 6. The molecule has 1 N–H and O–H groups in total. The Hall–Kier alpha value is -1.29. The zero-order chi connectivity index (χ0) is 14.6. The van der Waals surface area contributed by atoms with Gasteiger partial charge in [0.1, 0.15) is 0 Å². The predicted octanol–water partition coefficient (Wildman–Crippen LogP) is 3.02. The molecular weight excluding hydrogens is 298 g/mol. The number of hydrogen-bond acceptors (Lipinski definition) is 3. The summed E-state index contributed by atoms with van der Waals surface area (Å²) in [5, 5.41) is 9.16. The van der Waals surface area contributed by atoms with Crippen LogP contribution in [0.5, 0.6) is 0 Å². The number of nitrogens with zero attached hydrogens (tertiary/aromatic N) is 2.